The highest BCUT2D eigenvalue weighted by atomic mass is 79.9. The summed E-state index contributed by atoms with van der Waals surface area (Å²) in [7, 11) is 1.90. The number of carbonyl (C=O) groups is 1. The summed E-state index contributed by atoms with van der Waals surface area (Å²) in [6.45, 7) is 4.94. The Kier molecular flexibility index (Phi) is 7.45. The van der Waals surface area contributed by atoms with E-state index in [2.05, 4.69) is 34.9 Å². The van der Waals surface area contributed by atoms with E-state index in [-0.39, 0.29) is 5.78 Å². The minimum absolute atomic E-state index is 0.284. The SMILES string of the molecule is CCc1nn(C)c(CC(=O)CCC(CC)CCN)c1Br. The number of carbonyl (C=O) groups excluding carboxylic acids is 1. The lowest BCUT2D eigenvalue weighted by atomic mass is 9.94. The minimum atomic E-state index is 0.284. The second-order valence-electron chi connectivity index (χ2n) is 5.29. The smallest absolute Gasteiger partial charge is 0.138 e. The van der Waals surface area contributed by atoms with E-state index < -0.39 is 0 Å². The van der Waals surface area contributed by atoms with Crippen LogP contribution >= 0.6 is 15.9 Å². The van der Waals surface area contributed by atoms with Crippen molar-refractivity contribution in [3.8, 4) is 0 Å². The van der Waals surface area contributed by atoms with Gasteiger partial charge in [0.25, 0.3) is 0 Å². The largest absolute Gasteiger partial charge is 0.330 e. The van der Waals surface area contributed by atoms with Crippen LogP contribution in [-0.4, -0.2) is 22.1 Å². The molecule has 0 fully saturated rings. The van der Waals surface area contributed by atoms with E-state index in [0.717, 1.165) is 41.5 Å². The fraction of sp³-hybridized carbons (Fsp3) is 0.733. The molecule has 0 aliphatic carbocycles. The summed E-state index contributed by atoms with van der Waals surface area (Å²) < 4.78 is 2.81. The first-order valence-electron chi connectivity index (χ1n) is 7.45. The Bertz CT molecular complexity index is 443. The molecule has 1 heterocycles. The maximum Gasteiger partial charge on any atom is 0.138 e. The van der Waals surface area contributed by atoms with Crippen LogP contribution in [0.1, 0.15) is 50.9 Å². The second-order valence-corrected chi connectivity index (χ2v) is 6.08. The fourth-order valence-electron chi connectivity index (χ4n) is 2.44. The van der Waals surface area contributed by atoms with Gasteiger partial charge in [-0.2, -0.15) is 5.10 Å². The molecule has 4 nitrogen and oxygen atoms in total. The third-order valence-corrected chi connectivity index (χ3v) is 4.77. The van der Waals surface area contributed by atoms with Crippen LogP contribution in [0.15, 0.2) is 4.47 Å². The van der Waals surface area contributed by atoms with Crippen LogP contribution in [0.25, 0.3) is 0 Å². The highest BCUT2D eigenvalue weighted by molar-refractivity contribution is 9.10. The van der Waals surface area contributed by atoms with Crippen molar-refractivity contribution < 1.29 is 4.79 Å². The van der Waals surface area contributed by atoms with Gasteiger partial charge < -0.3 is 5.73 Å². The van der Waals surface area contributed by atoms with Crippen molar-refractivity contribution in [1.29, 1.82) is 0 Å². The highest BCUT2D eigenvalue weighted by Crippen LogP contribution is 2.23. The normalized spacial score (nSPS) is 12.7. The first kappa shape index (κ1) is 17.4. The van der Waals surface area contributed by atoms with Gasteiger partial charge in [-0.05, 0) is 47.7 Å². The Morgan fingerprint density at radius 3 is 2.60 bits per heavy atom. The minimum Gasteiger partial charge on any atom is -0.330 e. The third kappa shape index (κ3) is 4.70. The van der Waals surface area contributed by atoms with Gasteiger partial charge in [0.1, 0.15) is 5.78 Å². The van der Waals surface area contributed by atoms with Crippen LogP contribution in [0, 0.1) is 5.92 Å². The van der Waals surface area contributed by atoms with Crippen LogP contribution in [-0.2, 0) is 24.7 Å². The molecule has 0 aliphatic rings. The molecule has 0 spiro atoms. The van der Waals surface area contributed by atoms with Crippen molar-refractivity contribution in [2.45, 2.75) is 52.4 Å². The van der Waals surface area contributed by atoms with Gasteiger partial charge in [0.2, 0.25) is 0 Å². The lowest BCUT2D eigenvalue weighted by Crippen LogP contribution is -2.12. The van der Waals surface area contributed by atoms with Gasteiger partial charge in [-0.25, -0.2) is 0 Å². The quantitative estimate of drug-likeness (QED) is 0.749. The van der Waals surface area contributed by atoms with Crippen molar-refractivity contribution in [2.75, 3.05) is 6.54 Å². The van der Waals surface area contributed by atoms with Crippen LogP contribution in [0.4, 0.5) is 0 Å². The first-order valence-corrected chi connectivity index (χ1v) is 8.24. The zero-order valence-electron chi connectivity index (χ0n) is 12.8. The topological polar surface area (TPSA) is 60.9 Å². The summed E-state index contributed by atoms with van der Waals surface area (Å²) in [5.41, 5.74) is 7.59. The number of ketones is 1. The van der Waals surface area contributed by atoms with Crippen molar-refractivity contribution in [3.05, 3.63) is 15.9 Å². The van der Waals surface area contributed by atoms with E-state index in [1.54, 1.807) is 0 Å². The van der Waals surface area contributed by atoms with E-state index in [1.807, 2.05) is 11.7 Å². The number of aryl methyl sites for hydroxylation is 2. The summed E-state index contributed by atoms with van der Waals surface area (Å²) in [5, 5.41) is 4.42. The fourth-order valence-corrected chi connectivity index (χ4v) is 3.20. The Labute approximate surface area is 130 Å². The third-order valence-electron chi connectivity index (χ3n) is 3.85. The number of rotatable bonds is 9. The molecule has 1 atom stereocenters. The van der Waals surface area contributed by atoms with E-state index in [0.29, 0.717) is 25.3 Å². The predicted molar refractivity (Wildman–Crippen MR) is 85.7 cm³/mol. The average Bonchev–Trinajstić information content (AvgIpc) is 2.70. The van der Waals surface area contributed by atoms with E-state index in [1.165, 1.54) is 0 Å². The van der Waals surface area contributed by atoms with Gasteiger partial charge in [-0.1, -0.05) is 20.3 Å². The molecule has 1 unspecified atom stereocenters. The predicted octanol–water partition coefficient (Wildman–Crippen LogP) is 3.01. The summed E-state index contributed by atoms with van der Waals surface area (Å²) in [6.07, 6.45) is 5.03. The zero-order chi connectivity index (χ0) is 15.1. The Balaban J connectivity index is 2.56. The van der Waals surface area contributed by atoms with Gasteiger partial charge in [0.15, 0.2) is 0 Å². The molecule has 1 aromatic heterocycles. The molecule has 114 valence electrons. The summed E-state index contributed by atoms with van der Waals surface area (Å²) in [4.78, 5) is 12.1. The van der Waals surface area contributed by atoms with Crippen LogP contribution in [0.3, 0.4) is 0 Å². The molecule has 2 N–H and O–H groups in total. The summed E-state index contributed by atoms with van der Waals surface area (Å²) in [6, 6.07) is 0. The summed E-state index contributed by atoms with van der Waals surface area (Å²) in [5.74, 6) is 0.858. The van der Waals surface area contributed by atoms with E-state index in [4.69, 9.17) is 5.73 Å². The zero-order valence-corrected chi connectivity index (χ0v) is 14.4. The number of nitrogens with two attached hydrogens (primary N) is 1. The number of nitrogens with zero attached hydrogens (tertiary/aromatic N) is 2. The number of hydrogen-bond acceptors (Lipinski definition) is 3. The van der Waals surface area contributed by atoms with Crippen molar-refractivity contribution in [3.63, 3.8) is 0 Å². The van der Waals surface area contributed by atoms with Crippen LogP contribution in [0.2, 0.25) is 0 Å². The number of hydrogen-bond donors (Lipinski definition) is 1. The van der Waals surface area contributed by atoms with Crippen molar-refractivity contribution in [1.82, 2.24) is 9.78 Å². The van der Waals surface area contributed by atoms with Gasteiger partial charge in [-0.15, -0.1) is 0 Å². The Morgan fingerprint density at radius 1 is 1.40 bits per heavy atom. The Morgan fingerprint density at radius 2 is 2.10 bits per heavy atom. The molecule has 1 rings (SSSR count). The van der Waals surface area contributed by atoms with Crippen molar-refractivity contribution >= 4 is 21.7 Å². The maximum absolute atomic E-state index is 12.1. The van der Waals surface area contributed by atoms with Crippen LogP contribution < -0.4 is 5.73 Å². The van der Waals surface area contributed by atoms with Gasteiger partial charge in [0.05, 0.1) is 15.9 Å². The van der Waals surface area contributed by atoms with Gasteiger partial charge in [0, 0.05) is 19.9 Å². The second kappa shape index (κ2) is 8.57. The highest BCUT2D eigenvalue weighted by Gasteiger charge is 2.16. The molecular formula is C15H26BrN3O. The molecule has 0 bridgehead atoms. The summed E-state index contributed by atoms with van der Waals surface area (Å²) >= 11 is 3.56. The molecule has 0 saturated heterocycles. The van der Waals surface area contributed by atoms with Crippen LogP contribution in [0.5, 0.6) is 0 Å². The first-order chi connectivity index (χ1) is 9.53. The molecule has 0 saturated carbocycles. The van der Waals surface area contributed by atoms with Crippen molar-refractivity contribution in [2.24, 2.45) is 18.7 Å². The molecule has 0 amide bonds. The lowest BCUT2D eigenvalue weighted by Gasteiger charge is -2.12. The monoisotopic (exact) mass is 343 g/mol. The Hall–Kier alpha value is -0.680. The lowest BCUT2D eigenvalue weighted by molar-refractivity contribution is -0.118. The molecule has 0 radical (unpaired) electrons. The number of halogens is 1. The number of Topliss-reactive ketones (excluding diaryl/α,β-unsaturated/α-hetero) is 1. The average molecular weight is 344 g/mol. The van der Waals surface area contributed by atoms with Gasteiger partial charge in [-0.3, -0.25) is 9.48 Å². The number of aromatic nitrogens is 2. The molecular weight excluding hydrogens is 318 g/mol. The van der Waals surface area contributed by atoms with E-state index in [9.17, 15) is 4.79 Å². The molecule has 0 aromatic carbocycles. The maximum atomic E-state index is 12.1. The molecule has 1 aromatic rings. The standard InChI is InChI=1S/C15H26BrN3O/c1-4-11(8-9-17)6-7-12(20)10-14-15(16)13(5-2)18-19(14)3/h11H,4-10,17H2,1-3H3. The van der Waals surface area contributed by atoms with E-state index >= 15 is 0 Å². The molecule has 20 heavy (non-hydrogen) atoms. The molecule has 5 heteroatoms. The molecule has 0 aliphatic heterocycles. The van der Waals surface area contributed by atoms with Gasteiger partial charge >= 0.3 is 0 Å².